The zero-order valence-electron chi connectivity index (χ0n) is 6.78. The average Bonchev–Trinajstić information content (AvgIpc) is 2.08. The highest BCUT2D eigenvalue weighted by Gasteiger charge is 2.47. The van der Waals surface area contributed by atoms with Crippen LogP contribution in [0.4, 0.5) is 4.39 Å². The van der Waals surface area contributed by atoms with E-state index >= 15 is 0 Å². The summed E-state index contributed by atoms with van der Waals surface area (Å²) in [5.41, 5.74) is 2.74. The first-order valence-electron chi connectivity index (χ1n) is 3.60. The molecule has 1 rings (SSSR count). The predicted octanol–water partition coefficient (Wildman–Crippen LogP) is -0.0481. The molecule has 0 saturated carbocycles. The van der Waals surface area contributed by atoms with Crippen LogP contribution < -0.4 is 11.1 Å². The Labute approximate surface area is 65.1 Å². The molecule has 64 valence electrons. The van der Waals surface area contributed by atoms with Gasteiger partial charge >= 0.3 is 0 Å². The van der Waals surface area contributed by atoms with E-state index in [2.05, 4.69) is 5.32 Å². The molecular weight excluding hydrogens is 147 g/mol. The van der Waals surface area contributed by atoms with Crippen LogP contribution in [-0.2, 0) is 4.79 Å². The van der Waals surface area contributed by atoms with Crippen LogP contribution in [0.1, 0.15) is 20.3 Å². The second-order valence-electron chi connectivity index (χ2n) is 3.74. The SMILES string of the molecule is CC1(C)CC(F)(C(N)=O)CN1. The molecule has 0 bridgehead atoms. The minimum absolute atomic E-state index is 0.0370. The molecule has 1 heterocycles. The molecular formula is C7H13FN2O. The number of carbonyl (C=O) groups excluding carboxylic acids is 1. The number of carbonyl (C=O) groups is 1. The molecule has 1 aliphatic heterocycles. The highest BCUT2D eigenvalue weighted by Crippen LogP contribution is 2.29. The maximum Gasteiger partial charge on any atom is 0.256 e. The number of halogens is 1. The molecule has 0 aromatic rings. The van der Waals surface area contributed by atoms with Gasteiger partial charge in [-0.05, 0) is 13.8 Å². The van der Waals surface area contributed by atoms with Gasteiger partial charge in [0, 0.05) is 18.5 Å². The van der Waals surface area contributed by atoms with Crippen molar-refractivity contribution in [3.05, 3.63) is 0 Å². The molecule has 1 aliphatic rings. The third kappa shape index (κ3) is 1.50. The number of nitrogens with two attached hydrogens (primary N) is 1. The Kier molecular flexibility index (Phi) is 1.67. The zero-order valence-corrected chi connectivity index (χ0v) is 6.78. The van der Waals surface area contributed by atoms with E-state index in [0.717, 1.165) is 0 Å². The number of nitrogens with one attached hydrogen (secondary N) is 1. The first-order chi connectivity index (χ1) is 4.86. The molecule has 0 aliphatic carbocycles. The third-order valence-corrected chi connectivity index (χ3v) is 2.01. The van der Waals surface area contributed by atoms with Gasteiger partial charge in [0.05, 0.1) is 0 Å². The van der Waals surface area contributed by atoms with Crippen molar-refractivity contribution in [1.29, 1.82) is 0 Å². The Morgan fingerprint density at radius 1 is 1.64 bits per heavy atom. The molecule has 3 nitrogen and oxygen atoms in total. The van der Waals surface area contributed by atoms with Gasteiger partial charge in [-0.2, -0.15) is 0 Å². The maximum atomic E-state index is 13.4. The molecule has 4 heteroatoms. The summed E-state index contributed by atoms with van der Waals surface area (Å²) in [5, 5.41) is 2.89. The van der Waals surface area contributed by atoms with E-state index in [9.17, 15) is 9.18 Å². The summed E-state index contributed by atoms with van der Waals surface area (Å²) in [6, 6.07) is 0. The van der Waals surface area contributed by atoms with Crippen LogP contribution in [0.15, 0.2) is 0 Å². The zero-order chi connectivity index (χ0) is 8.70. The molecule has 1 saturated heterocycles. The van der Waals surface area contributed by atoms with Crippen LogP contribution in [0.2, 0.25) is 0 Å². The summed E-state index contributed by atoms with van der Waals surface area (Å²) in [5.74, 6) is -0.865. The first kappa shape index (κ1) is 8.46. The first-order valence-corrected chi connectivity index (χ1v) is 3.60. The van der Waals surface area contributed by atoms with E-state index in [0.29, 0.717) is 0 Å². The number of primary amides is 1. The Hall–Kier alpha value is -0.640. The van der Waals surface area contributed by atoms with Crippen molar-refractivity contribution in [2.45, 2.75) is 31.5 Å². The molecule has 1 unspecified atom stereocenters. The van der Waals surface area contributed by atoms with Crippen LogP contribution >= 0.6 is 0 Å². The monoisotopic (exact) mass is 160 g/mol. The Morgan fingerprint density at radius 3 is 2.36 bits per heavy atom. The summed E-state index contributed by atoms with van der Waals surface area (Å²) >= 11 is 0. The Bertz CT molecular complexity index is 193. The minimum atomic E-state index is -1.84. The Morgan fingerprint density at radius 2 is 2.18 bits per heavy atom. The molecule has 1 atom stereocenters. The lowest BCUT2D eigenvalue weighted by molar-refractivity contribution is -0.128. The van der Waals surface area contributed by atoms with Gasteiger partial charge in [-0.1, -0.05) is 0 Å². The van der Waals surface area contributed by atoms with Crippen LogP contribution in [0.25, 0.3) is 0 Å². The normalized spacial score (nSPS) is 35.5. The van der Waals surface area contributed by atoms with Crippen molar-refractivity contribution >= 4 is 5.91 Å². The fourth-order valence-corrected chi connectivity index (χ4v) is 1.38. The number of amides is 1. The van der Waals surface area contributed by atoms with Crippen LogP contribution in [-0.4, -0.2) is 23.7 Å². The number of hydrogen-bond acceptors (Lipinski definition) is 2. The smallest absolute Gasteiger partial charge is 0.256 e. The van der Waals surface area contributed by atoms with Gasteiger partial charge < -0.3 is 11.1 Å². The molecule has 3 N–H and O–H groups in total. The van der Waals surface area contributed by atoms with Crippen molar-refractivity contribution in [1.82, 2.24) is 5.32 Å². The second kappa shape index (κ2) is 2.17. The van der Waals surface area contributed by atoms with E-state index in [1.54, 1.807) is 0 Å². The molecule has 0 radical (unpaired) electrons. The van der Waals surface area contributed by atoms with Gasteiger partial charge in [0.1, 0.15) is 0 Å². The Balaban J connectivity index is 2.73. The van der Waals surface area contributed by atoms with E-state index in [-0.39, 0.29) is 18.5 Å². The summed E-state index contributed by atoms with van der Waals surface area (Å²) in [7, 11) is 0. The molecule has 1 amide bonds. The summed E-state index contributed by atoms with van der Waals surface area (Å²) in [6.07, 6.45) is 0.162. The van der Waals surface area contributed by atoms with E-state index in [4.69, 9.17) is 5.73 Å². The van der Waals surface area contributed by atoms with Crippen molar-refractivity contribution < 1.29 is 9.18 Å². The van der Waals surface area contributed by atoms with Gasteiger partial charge in [0.2, 0.25) is 5.67 Å². The van der Waals surface area contributed by atoms with Crippen LogP contribution in [0, 0.1) is 0 Å². The summed E-state index contributed by atoms with van der Waals surface area (Å²) in [4.78, 5) is 10.6. The van der Waals surface area contributed by atoms with Crippen LogP contribution in [0.5, 0.6) is 0 Å². The highest BCUT2D eigenvalue weighted by molar-refractivity contribution is 5.84. The van der Waals surface area contributed by atoms with Gasteiger partial charge in [0.25, 0.3) is 5.91 Å². The molecule has 1 fully saturated rings. The molecule has 0 aromatic heterocycles. The predicted molar refractivity (Wildman–Crippen MR) is 39.7 cm³/mol. The lowest BCUT2D eigenvalue weighted by Gasteiger charge is -2.18. The summed E-state index contributed by atoms with van der Waals surface area (Å²) < 4.78 is 13.4. The largest absolute Gasteiger partial charge is 0.367 e. The number of alkyl halides is 1. The lowest BCUT2D eigenvalue weighted by atomic mass is 9.94. The number of hydrogen-bond donors (Lipinski definition) is 2. The van der Waals surface area contributed by atoms with Gasteiger partial charge in [-0.25, -0.2) is 4.39 Å². The molecule has 0 spiro atoms. The van der Waals surface area contributed by atoms with Gasteiger partial charge in [-0.15, -0.1) is 0 Å². The van der Waals surface area contributed by atoms with Crippen molar-refractivity contribution in [2.24, 2.45) is 5.73 Å². The van der Waals surface area contributed by atoms with Crippen molar-refractivity contribution in [2.75, 3.05) is 6.54 Å². The lowest BCUT2D eigenvalue weighted by Crippen LogP contribution is -2.41. The van der Waals surface area contributed by atoms with Gasteiger partial charge in [0.15, 0.2) is 0 Å². The topological polar surface area (TPSA) is 55.1 Å². The van der Waals surface area contributed by atoms with E-state index in [1.165, 1.54) is 0 Å². The fourth-order valence-electron chi connectivity index (χ4n) is 1.38. The summed E-state index contributed by atoms with van der Waals surface area (Å²) in [6.45, 7) is 3.73. The average molecular weight is 160 g/mol. The second-order valence-corrected chi connectivity index (χ2v) is 3.74. The molecule has 0 aromatic carbocycles. The van der Waals surface area contributed by atoms with E-state index < -0.39 is 11.6 Å². The quantitative estimate of drug-likeness (QED) is 0.565. The third-order valence-electron chi connectivity index (χ3n) is 2.01. The van der Waals surface area contributed by atoms with Crippen molar-refractivity contribution in [3.8, 4) is 0 Å². The highest BCUT2D eigenvalue weighted by atomic mass is 19.1. The fraction of sp³-hybridized carbons (Fsp3) is 0.857. The van der Waals surface area contributed by atoms with Gasteiger partial charge in [-0.3, -0.25) is 4.79 Å². The minimum Gasteiger partial charge on any atom is -0.367 e. The standard InChI is InChI=1S/C7H13FN2O/c1-6(2)3-7(8,4-10-6)5(9)11/h10H,3-4H2,1-2H3,(H2,9,11). The number of rotatable bonds is 1. The van der Waals surface area contributed by atoms with Crippen molar-refractivity contribution in [3.63, 3.8) is 0 Å². The maximum absolute atomic E-state index is 13.4. The molecule has 11 heavy (non-hydrogen) atoms. The van der Waals surface area contributed by atoms with E-state index in [1.807, 2.05) is 13.8 Å². The van der Waals surface area contributed by atoms with Crippen LogP contribution in [0.3, 0.4) is 0 Å².